The van der Waals surface area contributed by atoms with Crippen LogP contribution in [0.2, 0.25) is 10.0 Å². The van der Waals surface area contributed by atoms with Crippen molar-refractivity contribution in [3.63, 3.8) is 0 Å². The van der Waals surface area contributed by atoms with Gasteiger partial charge in [0.1, 0.15) is 11.6 Å². The summed E-state index contributed by atoms with van der Waals surface area (Å²) in [6, 6.07) is 8.56. The summed E-state index contributed by atoms with van der Waals surface area (Å²) in [5, 5.41) is 4.91. The fourth-order valence-electron chi connectivity index (χ4n) is 2.66. The van der Waals surface area contributed by atoms with E-state index < -0.39 is 11.6 Å². The van der Waals surface area contributed by atoms with Crippen LogP contribution in [0.25, 0.3) is 22.4 Å². The predicted molar refractivity (Wildman–Crippen MR) is 88.8 cm³/mol. The fourth-order valence-corrected chi connectivity index (χ4v) is 3.08. The summed E-state index contributed by atoms with van der Waals surface area (Å²) in [5.41, 5.74) is 2.82. The first kappa shape index (κ1) is 16.0. The minimum atomic E-state index is -0.451. The van der Waals surface area contributed by atoms with E-state index in [4.69, 9.17) is 23.2 Å². The molecule has 3 aromatic rings. The SMILES string of the molecule is Cc1nn(C)c(-c2ccc(F)cc2Cl)c1-c1ccc(Cl)cc1F. The molecule has 1 heterocycles. The number of aromatic nitrogens is 2. The third-order valence-electron chi connectivity index (χ3n) is 3.61. The van der Waals surface area contributed by atoms with Crippen LogP contribution in [0.3, 0.4) is 0 Å². The Hall–Kier alpha value is -1.91. The summed E-state index contributed by atoms with van der Waals surface area (Å²) < 4.78 is 29.3. The minimum Gasteiger partial charge on any atom is -0.267 e. The number of nitrogens with zero attached hydrogens (tertiary/aromatic N) is 2. The molecular formula is C17H12Cl2F2N2. The fraction of sp³-hybridized carbons (Fsp3) is 0.118. The van der Waals surface area contributed by atoms with Crippen molar-refractivity contribution < 1.29 is 8.78 Å². The molecule has 3 rings (SSSR count). The second-order valence-electron chi connectivity index (χ2n) is 5.18. The van der Waals surface area contributed by atoms with Crippen molar-refractivity contribution in [1.29, 1.82) is 0 Å². The van der Waals surface area contributed by atoms with Crippen LogP contribution in [0.5, 0.6) is 0 Å². The lowest BCUT2D eigenvalue weighted by atomic mass is 9.98. The topological polar surface area (TPSA) is 17.8 Å². The Kier molecular flexibility index (Phi) is 4.13. The van der Waals surface area contributed by atoms with Crippen LogP contribution in [0.1, 0.15) is 5.69 Å². The summed E-state index contributed by atoms with van der Waals surface area (Å²) in [6.07, 6.45) is 0. The van der Waals surface area contributed by atoms with Crippen molar-refractivity contribution >= 4 is 23.2 Å². The molecule has 0 spiro atoms. The van der Waals surface area contributed by atoms with Gasteiger partial charge in [-0.3, -0.25) is 4.68 Å². The average molecular weight is 353 g/mol. The van der Waals surface area contributed by atoms with Gasteiger partial charge in [-0.2, -0.15) is 5.10 Å². The maximum absolute atomic E-state index is 14.4. The summed E-state index contributed by atoms with van der Waals surface area (Å²) in [7, 11) is 1.74. The zero-order valence-electron chi connectivity index (χ0n) is 12.4. The molecule has 0 saturated carbocycles. The van der Waals surface area contributed by atoms with Crippen LogP contribution in [-0.2, 0) is 7.05 Å². The Morgan fingerprint density at radius 3 is 2.35 bits per heavy atom. The quantitative estimate of drug-likeness (QED) is 0.582. The van der Waals surface area contributed by atoms with Crippen molar-refractivity contribution in [2.45, 2.75) is 6.92 Å². The smallest absolute Gasteiger partial charge is 0.132 e. The van der Waals surface area contributed by atoms with Crippen LogP contribution in [0.15, 0.2) is 36.4 Å². The predicted octanol–water partition coefficient (Wildman–Crippen LogP) is 5.65. The van der Waals surface area contributed by atoms with Crippen molar-refractivity contribution in [2.24, 2.45) is 7.05 Å². The van der Waals surface area contributed by atoms with Gasteiger partial charge in [-0.05, 0) is 43.3 Å². The molecule has 1 aromatic heterocycles. The molecule has 23 heavy (non-hydrogen) atoms. The Bertz CT molecular complexity index is 832. The Balaban J connectivity index is 2.31. The highest BCUT2D eigenvalue weighted by Gasteiger charge is 2.21. The highest BCUT2D eigenvalue weighted by atomic mass is 35.5. The Labute approximate surface area is 142 Å². The molecule has 0 fully saturated rings. The lowest BCUT2D eigenvalue weighted by Crippen LogP contribution is -1.96. The van der Waals surface area contributed by atoms with Crippen molar-refractivity contribution in [3.8, 4) is 22.4 Å². The second-order valence-corrected chi connectivity index (χ2v) is 6.02. The standard InChI is InChI=1S/C17H12Cl2F2N2/c1-9-16(13-5-3-10(18)7-15(13)21)17(23(2)22-9)12-6-4-11(20)8-14(12)19/h3-8H,1-2H3. The van der Waals surface area contributed by atoms with Gasteiger partial charge >= 0.3 is 0 Å². The lowest BCUT2D eigenvalue weighted by Gasteiger charge is -2.10. The first-order chi connectivity index (χ1) is 10.9. The summed E-state index contributed by atoms with van der Waals surface area (Å²) in [4.78, 5) is 0. The Morgan fingerprint density at radius 2 is 1.70 bits per heavy atom. The first-order valence-electron chi connectivity index (χ1n) is 6.83. The molecule has 0 bridgehead atoms. The van der Waals surface area contributed by atoms with Crippen LogP contribution in [0.4, 0.5) is 8.78 Å². The lowest BCUT2D eigenvalue weighted by molar-refractivity contribution is 0.628. The van der Waals surface area contributed by atoms with Crippen molar-refractivity contribution in [3.05, 3.63) is 63.8 Å². The maximum atomic E-state index is 14.4. The van der Waals surface area contributed by atoms with E-state index in [0.717, 1.165) is 0 Å². The van der Waals surface area contributed by atoms with Gasteiger partial charge in [-0.25, -0.2) is 8.78 Å². The first-order valence-corrected chi connectivity index (χ1v) is 7.58. The monoisotopic (exact) mass is 352 g/mol. The van der Waals surface area contributed by atoms with E-state index in [-0.39, 0.29) is 5.02 Å². The van der Waals surface area contributed by atoms with E-state index in [2.05, 4.69) is 5.10 Å². The molecule has 118 valence electrons. The van der Waals surface area contributed by atoms with Gasteiger partial charge in [0.2, 0.25) is 0 Å². The zero-order chi connectivity index (χ0) is 16.7. The number of rotatable bonds is 2. The van der Waals surface area contributed by atoms with Gasteiger partial charge in [0.05, 0.1) is 16.4 Å². The van der Waals surface area contributed by atoms with Gasteiger partial charge in [0.15, 0.2) is 0 Å². The molecule has 0 saturated heterocycles. The molecule has 2 aromatic carbocycles. The number of hydrogen-bond donors (Lipinski definition) is 0. The Morgan fingerprint density at radius 1 is 1.00 bits per heavy atom. The third kappa shape index (κ3) is 2.84. The van der Waals surface area contributed by atoms with Gasteiger partial charge in [0, 0.05) is 28.8 Å². The van der Waals surface area contributed by atoms with Crippen molar-refractivity contribution in [2.75, 3.05) is 0 Å². The van der Waals surface area contributed by atoms with Crippen LogP contribution < -0.4 is 0 Å². The summed E-state index contributed by atoms with van der Waals surface area (Å²) in [5.74, 6) is -0.884. The number of halogens is 4. The molecule has 6 heteroatoms. The van der Waals surface area contributed by atoms with E-state index in [9.17, 15) is 8.78 Å². The van der Waals surface area contributed by atoms with Gasteiger partial charge < -0.3 is 0 Å². The van der Waals surface area contributed by atoms with Gasteiger partial charge in [0.25, 0.3) is 0 Å². The molecule has 2 nitrogen and oxygen atoms in total. The zero-order valence-corrected chi connectivity index (χ0v) is 13.9. The highest BCUT2D eigenvalue weighted by molar-refractivity contribution is 6.33. The number of benzene rings is 2. The molecule has 0 N–H and O–H groups in total. The number of aryl methyl sites for hydroxylation is 2. The van der Waals surface area contributed by atoms with Gasteiger partial charge in [-0.15, -0.1) is 0 Å². The van der Waals surface area contributed by atoms with E-state index in [1.165, 1.54) is 18.2 Å². The third-order valence-corrected chi connectivity index (χ3v) is 4.16. The second kappa shape index (κ2) is 5.95. The highest BCUT2D eigenvalue weighted by Crippen LogP contribution is 2.39. The van der Waals surface area contributed by atoms with Gasteiger partial charge in [-0.1, -0.05) is 23.2 Å². The minimum absolute atomic E-state index is 0.239. The molecule has 0 atom stereocenters. The molecule has 0 aliphatic heterocycles. The van der Waals surface area contributed by atoms with Crippen molar-refractivity contribution in [1.82, 2.24) is 9.78 Å². The summed E-state index contributed by atoms with van der Waals surface area (Å²) in [6.45, 7) is 1.78. The van der Waals surface area contributed by atoms with E-state index >= 15 is 0 Å². The van der Waals surface area contributed by atoms with E-state index in [0.29, 0.717) is 33.1 Å². The average Bonchev–Trinajstić information content (AvgIpc) is 2.74. The number of hydrogen-bond acceptors (Lipinski definition) is 1. The molecule has 0 aliphatic carbocycles. The molecular weight excluding hydrogens is 341 g/mol. The van der Waals surface area contributed by atoms with Crippen LogP contribution in [-0.4, -0.2) is 9.78 Å². The van der Waals surface area contributed by atoms with Crippen LogP contribution >= 0.6 is 23.2 Å². The van der Waals surface area contributed by atoms with E-state index in [1.54, 1.807) is 36.9 Å². The van der Waals surface area contributed by atoms with E-state index in [1.807, 2.05) is 0 Å². The normalized spacial score (nSPS) is 11.0. The molecule has 0 unspecified atom stereocenters. The van der Waals surface area contributed by atoms with Crippen LogP contribution in [0, 0.1) is 18.6 Å². The largest absolute Gasteiger partial charge is 0.267 e. The maximum Gasteiger partial charge on any atom is 0.132 e. The summed E-state index contributed by atoms with van der Waals surface area (Å²) >= 11 is 12.0. The molecule has 0 amide bonds. The molecule has 0 radical (unpaired) electrons. The molecule has 0 aliphatic rings.